The van der Waals surface area contributed by atoms with Gasteiger partial charge in [0.1, 0.15) is 18.4 Å². The van der Waals surface area contributed by atoms with Gasteiger partial charge in [-0.2, -0.15) is 4.31 Å². The van der Waals surface area contributed by atoms with Gasteiger partial charge in [-0.05, 0) is 42.7 Å². The minimum absolute atomic E-state index is 0.00620. The molecule has 9 heteroatoms. The van der Waals surface area contributed by atoms with E-state index < -0.39 is 28.1 Å². The van der Waals surface area contributed by atoms with Crippen LogP contribution in [0.4, 0.5) is 0 Å². The predicted molar refractivity (Wildman–Crippen MR) is 100 cm³/mol. The molecule has 3 N–H and O–H groups in total. The van der Waals surface area contributed by atoms with E-state index in [-0.39, 0.29) is 24.3 Å². The number of carbonyl (C=O) groups is 1. The summed E-state index contributed by atoms with van der Waals surface area (Å²) < 4.78 is 32.6. The maximum atomic E-state index is 13.0. The van der Waals surface area contributed by atoms with Gasteiger partial charge in [-0.25, -0.2) is 13.9 Å². The van der Waals surface area contributed by atoms with E-state index in [1.165, 1.54) is 17.6 Å². The van der Waals surface area contributed by atoms with Crippen LogP contribution in [-0.2, 0) is 21.4 Å². The summed E-state index contributed by atoms with van der Waals surface area (Å²) in [5.41, 5.74) is 2.46. The maximum Gasteiger partial charge on any atom is 0.261 e. The van der Waals surface area contributed by atoms with Gasteiger partial charge < -0.3 is 9.84 Å². The first-order valence-electron chi connectivity index (χ1n) is 8.82. The van der Waals surface area contributed by atoms with Crippen molar-refractivity contribution >= 4 is 15.9 Å². The third-order valence-electron chi connectivity index (χ3n) is 4.62. The Morgan fingerprint density at radius 3 is 2.46 bits per heavy atom. The number of hydroxylamine groups is 1. The quantitative estimate of drug-likeness (QED) is 0.492. The molecule has 0 unspecified atom stereocenters. The molecule has 0 bridgehead atoms. The number of rotatable bonds is 6. The molecule has 1 saturated heterocycles. The number of aliphatic hydroxyl groups excluding tert-OH is 1. The maximum absolute atomic E-state index is 13.0. The molecular formula is C19H22N2O6S. The van der Waals surface area contributed by atoms with E-state index in [9.17, 15) is 18.3 Å². The predicted octanol–water partition coefficient (Wildman–Crippen LogP) is 1.28. The van der Waals surface area contributed by atoms with Crippen LogP contribution in [0.15, 0.2) is 59.5 Å². The molecule has 2 atom stereocenters. The minimum Gasteiger partial charge on any atom is -0.489 e. The number of hydrogen-bond acceptors (Lipinski definition) is 6. The second-order valence-corrected chi connectivity index (χ2v) is 8.42. The molecule has 150 valence electrons. The summed E-state index contributed by atoms with van der Waals surface area (Å²) in [5.74, 6) is -0.355. The molecule has 2 aromatic carbocycles. The number of aliphatic hydroxyl groups is 1. The number of sulfonamides is 1. The van der Waals surface area contributed by atoms with Crippen molar-refractivity contribution in [1.29, 1.82) is 0 Å². The van der Waals surface area contributed by atoms with E-state index in [1.54, 1.807) is 12.1 Å². The van der Waals surface area contributed by atoms with E-state index in [1.807, 2.05) is 30.3 Å². The van der Waals surface area contributed by atoms with E-state index >= 15 is 0 Å². The van der Waals surface area contributed by atoms with Gasteiger partial charge in [-0.1, -0.05) is 30.3 Å². The third-order valence-corrected chi connectivity index (χ3v) is 6.54. The Kier molecular flexibility index (Phi) is 6.30. The Bertz CT molecular complexity index is 902. The molecule has 8 nitrogen and oxygen atoms in total. The van der Waals surface area contributed by atoms with Gasteiger partial charge >= 0.3 is 0 Å². The van der Waals surface area contributed by atoms with Crippen LogP contribution in [0.5, 0.6) is 5.75 Å². The largest absolute Gasteiger partial charge is 0.489 e. The lowest BCUT2D eigenvalue weighted by Crippen LogP contribution is -2.54. The van der Waals surface area contributed by atoms with Crippen molar-refractivity contribution in [3.63, 3.8) is 0 Å². The summed E-state index contributed by atoms with van der Waals surface area (Å²) >= 11 is 0. The zero-order valence-electron chi connectivity index (χ0n) is 15.1. The van der Waals surface area contributed by atoms with E-state index in [2.05, 4.69) is 0 Å². The minimum atomic E-state index is -3.98. The second kappa shape index (κ2) is 8.70. The van der Waals surface area contributed by atoms with Gasteiger partial charge in [0, 0.05) is 6.54 Å². The van der Waals surface area contributed by atoms with Crippen LogP contribution in [-0.4, -0.2) is 47.6 Å². The lowest BCUT2D eigenvalue weighted by Gasteiger charge is -2.35. The molecule has 3 rings (SSSR count). The fourth-order valence-corrected chi connectivity index (χ4v) is 4.72. The highest BCUT2D eigenvalue weighted by atomic mass is 32.2. The smallest absolute Gasteiger partial charge is 0.261 e. The van der Waals surface area contributed by atoms with Gasteiger partial charge in [-0.3, -0.25) is 10.0 Å². The molecule has 0 spiro atoms. The number of nitrogens with one attached hydrogen (secondary N) is 1. The van der Waals surface area contributed by atoms with Crippen molar-refractivity contribution in [3.8, 4) is 5.75 Å². The van der Waals surface area contributed by atoms with Gasteiger partial charge in [-0.15, -0.1) is 0 Å². The van der Waals surface area contributed by atoms with E-state index in [0.29, 0.717) is 12.4 Å². The molecule has 1 heterocycles. The van der Waals surface area contributed by atoms with Crippen molar-refractivity contribution in [1.82, 2.24) is 9.79 Å². The van der Waals surface area contributed by atoms with Gasteiger partial charge in [0.25, 0.3) is 5.91 Å². The molecule has 1 amide bonds. The summed E-state index contributed by atoms with van der Waals surface area (Å²) in [6.45, 7) is 0.337. The highest BCUT2D eigenvalue weighted by Crippen LogP contribution is 2.27. The molecule has 28 heavy (non-hydrogen) atoms. The zero-order valence-corrected chi connectivity index (χ0v) is 15.9. The second-order valence-electron chi connectivity index (χ2n) is 6.53. The summed E-state index contributed by atoms with van der Waals surface area (Å²) in [7, 11) is -3.98. The number of benzene rings is 2. The van der Waals surface area contributed by atoms with Crippen LogP contribution >= 0.6 is 0 Å². The van der Waals surface area contributed by atoms with Crippen molar-refractivity contribution in [2.75, 3.05) is 6.54 Å². The molecule has 0 saturated carbocycles. The molecular weight excluding hydrogens is 384 g/mol. The standard InChI is InChI=1S/C19H22N2O6S/c22-15-10-11-21(18(12-15)19(23)20-24)28(25,26)17-8-6-16(7-9-17)27-13-14-4-2-1-3-5-14/h1-9,15,18,22,24H,10-13H2,(H,20,23)/t15-,18+/m0/s1. The fourth-order valence-electron chi connectivity index (χ4n) is 3.11. The number of piperidine rings is 1. The normalized spacial score (nSPS) is 20.5. The van der Waals surface area contributed by atoms with Crippen LogP contribution in [0.25, 0.3) is 0 Å². The van der Waals surface area contributed by atoms with E-state index in [0.717, 1.165) is 9.87 Å². The molecule has 0 aliphatic carbocycles. The van der Waals surface area contributed by atoms with Crippen LogP contribution in [0.3, 0.4) is 0 Å². The molecule has 1 fully saturated rings. The van der Waals surface area contributed by atoms with Crippen molar-refractivity contribution in [2.45, 2.75) is 36.5 Å². The number of ether oxygens (including phenoxy) is 1. The highest BCUT2D eigenvalue weighted by Gasteiger charge is 2.40. The van der Waals surface area contributed by atoms with E-state index in [4.69, 9.17) is 9.94 Å². The van der Waals surface area contributed by atoms with Crippen LogP contribution < -0.4 is 10.2 Å². The van der Waals surface area contributed by atoms with Gasteiger partial charge in [0.2, 0.25) is 10.0 Å². The number of carbonyl (C=O) groups excluding carboxylic acids is 1. The van der Waals surface area contributed by atoms with Crippen LogP contribution in [0.1, 0.15) is 18.4 Å². The SMILES string of the molecule is O=C(NO)[C@H]1C[C@@H](O)CCN1S(=O)(=O)c1ccc(OCc2ccccc2)cc1. The molecule has 0 radical (unpaired) electrons. The fraction of sp³-hybridized carbons (Fsp3) is 0.316. The molecule has 2 aromatic rings. The number of nitrogens with zero attached hydrogens (tertiary/aromatic N) is 1. The van der Waals surface area contributed by atoms with Crippen molar-refractivity contribution in [2.24, 2.45) is 0 Å². The monoisotopic (exact) mass is 406 g/mol. The third kappa shape index (κ3) is 4.50. The highest BCUT2D eigenvalue weighted by molar-refractivity contribution is 7.89. The average molecular weight is 406 g/mol. The lowest BCUT2D eigenvalue weighted by atomic mass is 10.0. The Balaban J connectivity index is 1.74. The molecule has 1 aliphatic rings. The Morgan fingerprint density at radius 1 is 1.14 bits per heavy atom. The Hall–Kier alpha value is -2.46. The number of hydrogen-bond donors (Lipinski definition) is 3. The molecule has 1 aliphatic heterocycles. The van der Waals surface area contributed by atoms with Gasteiger partial charge in [0.15, 0.2) is 0 Å². The number of amides is 1. The first-order chi connectivity index (χ1) is 13.4. The lowest BCUT2D eigenvalue weighted by molar-refractivity contribution is -0.135. The first kappa shape index (κ1) is 20.3. The zero-order chi connectivity index (χ0) is 20.1. The topological polar surface area (TPSA) is 116 Å². The Morgan fingerprint density at radius 2 is 1.82 bits per heavy atom. The van der Waals surface area contributed by atoms with Crippen LogP contribution in [0.2, 0.25) is 0 Å². The first-order valence-corrected chi connectivity index (χ1v) is 10.3. The van der Waals surface area contributed by atoms with Crippen LogP contribution in [0, 0.1) is 0 Å². The summed E-state index contributed by atoms with van der Waals surface area (Å²) in [6.07, 6.45) is -0.668. The summed E-state index contributed by atoms with van der Waals surface area (Å²) in [5, 5.41) is 18.7. The van der Waals surface area contributed by atoms with Gasteiger partial charge in [0.05, 0.1) is 11.0 Å². The summed E-state index contributed by atoms with van der Waals surface area (Å²) in [4.78, 5) is 11.9. The average Bonchev–Trinajstić information content (AvgIpc) is 2.72. The van der Waals surface area contributed by atoms with Crippen molar-refractivity contribution in [3.05, 3.63) is 60.2 Å². The summed E-state index contributed by atoms with van der Waals surface area (Å²) in [6, 6.07) is 14.3. The Labute approximate surface area is 163 Å². The van der Waals surface area contributed by atoms with Crippen molar-refractivity contribution < 1.29 is 28.3 Å². The molecule has 0 aromatic heterocycles.